The van der Waals surface area contributed by atoms with Crippen molar-refractivity contribution in [2.24, 2.45) is 0 Å². The minimum Gasteiger partial charge on any atom is -0.367 e. The number of hydrogen-bond acceptors (Lipinski definition) is 4. The molecule has 0 aliphatic heterocycles. The molecule has 0 saturated carbocycles. The number of benzene rings is 1. The molecule has 0 atom stereocenters. The summed E-state index contributed by atoms with van der Waals surface area (Å²) in [6, 6.07) is 12.1. The van der Waals surface area contributed by atoms with E-state index >= 15 is 0 Å². The summed E-state index contributed by atoms with van der Waals surface area (Å²) in [6.45, 7) is 2.14. The minimum absolute atomic E-state index is 0.346. The molecule has 2 aromatic heterocycles. The van der Waals surface area contributed by atoms with Crippen molar-refractivity contribution in [3.05, 3.63) is 45.7 Å². The predicted octanol–water partition coefficient (Wildman–Crippen LogP) is 4.98. The summed E-state index contributed by atoms with van der Waals surface area (Å²) in [5, 5.41) is 4.14. The number of aryl methyl sites for hydroxylation is 1. The number of nitrogens with two attached hydrogens (primary N) is 1. The number of anilines is 1. The first-order chi connectivity index (χ1) is 9.70. The van der Waals surface area contributed by atoms with Gasteiger partial charge in [-0.15, -0.1) is 11.3 Å². The largest absolute Gasteiger partial charge is 0.367 e. The van der Waals surface area contributed by atoms with Gasteiger partial charge in [0.15, 0.2) is 0 Å². The van der Waals surface area contributed by atoms with Crippen LogP contribution >= 0.6 is 27.3 Å². The summed E-state index contributed by atoms with van der Waals surface area (Å²) >= 11 is 5.28. The standard InChI is InChI=1S/C15H13BrN2OS/c1-2-9-7-8-12(20-9)14-13(15(17)19-18-14)10-5-3-4-6-11(10)16/h3-8H,2,17H2,1H3. The minimum atomic E-state index is 0.346. The lowest BCUT2D eigenvalue weighted by Crippen LogP contribution is -1.87. The molecule has 0 bridgehead atoms. The highest BCUT2D eigenvalue weighted by Crippen LogP contribution is 2.41. The first-order valence-corrected chi connectivity index (χ1v) is 7.90. The van der Waals surface area contributed by atoms with Crippen LogP contribution < -0.4 is 5.73 Å². The highest BCUT2D eigenvalue weighted by Gasteiger charge is 2.20. The SMILES string of the molecule is CCc1ccc(-c2noc(N)c2-c2ccccc2Br)s1. The zero-order chi connectivity index (χ0) is 14.1. The van der Waals surface area contributed by atoms with Gasteiger partial charge >= 0.3 is 0 Å². The molecule has 0 amide bonds. The summed E-state index contributed by atoms with van der Waals surface area (Å²) < 4.78 is 6.19. The Kier molecular flexibility index (Phi) is 3.63. The molecule has 5 heteroatoms. The van der Waals surface area contributed by atoms with Gasteiger partial charge < -0.3 is 10.3 Å². The van der Waals surface area contributed by atoms with E-state index < -0.39 is 0 Å². The van der Waals surface area contributed by atoms with Crippen molar-refractivity contribution in [1.29, 1.82) is 0 Å². The molecule has 20 heavy (non-hydrogen) atoms. The van der Waals surface area contributed by atoms with E-state index in [0.29, 0.717) is 5.88 Å². The third-order valence-corrected chi connectivity index (χ3v) is 5.03. The molecule has 3 aromatic rings. The van der Waals surface area contributed by atoms with Gasteiger partial charge in [0.05, 0.1) is 10.4 Å². The van der Waals surface area contributed by atoms with Gasteiger partial charge in [-0.1, -0.05) is 46.2 Å². The summed E-state index contributed by atoms with van der Waals surface area (Å²) in [5.74, 6) is 0.346. The highest BCUT2D eigenvalue weighted by molar-refractivity contribution is 9.10. The topological polar surface area (TPSA) is 52.0 Å². The van der Waals surface area contributed by atoms with Crippen molar-refractivity contribution < 1.29 is 4.52 Å². The molecule has 0 aliphatic carbocycles. The Labute approximate surface area is 129 Å². The number of rotatable bonds is 3. The second-order valence-corrected chi connectivity index (χ2v) is 6.39. The molecular formula is C15H13BrN2OS. The van der Waals surface area contributed by atoms with Crippen molar-refractivity contribution in [1.82, 2.24) is 5.16 Å². The monoisotopic (exact) mass is 348 g/mol. The molecule has 0 unspecified atom stereocenters. The molecule has 0 aliphatic rings. The van der Waals surface area contributed by atoms with E-state index in [2.05, 4.69) is 40.1 Å². The van der Waals surface area contributed by atoms with Crippen molar-refractivity contribution in [2.45, 2.75) is 13.3 Å². The molecule has 0 spiro atoms. The first kappa shape index (κ1) is 13.4. The van der Waals surface area contributed by atoms with Crippen molar-refractivity contribution in [2.75, 3.05) is 5.73 Å². The van der Waals surface area contributed by atoms with Crippen LogP contribution in [0.2, 0.25) is 0 Å². The third-order valence-electron chi connectivity index (χ3n) is 3.11. The maximum Gasteiger partial charge on any atom is 0.230 e. The fourth-order valence-corrected chi connectivity index (χ4v) is 3.51. The Hall–Kier alpha value is -1.59. The predicted molar refractivity (Wildman–Crippen MR) is 86.7 cm³/mol. The van der Waals surface area contributed by atoms with Crippen molar-refractivity contribution in [3.63, 3.8) is 0 Å². The van der Waals surface area contributed by atoms with Gasteiger partial charge in [0.2, 0.25) is 5.88 Å². The number of nitrogens with zero attached hydrogens (tertiary/aromatic N) is 1. The first-order valence-electron chi connectivity index (χ1n) is 6.29. The third kappa shape index (κ3) is 2.27. The van der Waals surface area contributed by atoms with E-state index in [9.17, 15) is 0 Å². The summed E-state index contributed by atoms with van der Waals surface area (Å²) in [5.41, 5.74) is 8.62. The van der Waals surface area contributed by atoms with Crippen LogP contribution in [0.5, 0.6) is 0 Å². The Morgan fingerprint density at radius 2 is 2.05 bits per heavy atom. The summed E-state index contributed by atoms with van der Waals surface area (Å²) in [4.78, 5) is 2.40. The van der Waals surface area contributed by atoms with Gasteiger partial charge in [0.25, 0.3) is 0 Å². The molecule has 0 saturated heterocycles. The average Bonchev–Trinajstić information content (AvgIpc) is 3.06. The maximum atomic E-state index is 5.97. The van der Waals surface area contributed by atoms with Crippen LogP contribution in [0.1, 0.15) is 11.8 Å². The van der Waals surface area contributed by atoms with Crippen molar-refractivity contribution >= 4 is 33.2 Å². The maximum absolute atomic E-state index is 5.97. The molecule has 102 valence electrons. The Balaban J connectivity index is 2.17. The second-order valence-electron chi connectivity index (χ2n) is 4.37. The van der Waals surface area contributed by atoms with E-state index in [-0.39, 0.29) is 0 Å². The Morgan fingerprint density at radius 3 is 2.75 bits per heavy atom. The quantitative estimate of drug-likeness (QED) is 0.726. The highest BCUT2D eigenvalue weighted by atomic mass is 79.9. The normalized spacial score (nSPS) is 10.9. The molecule has 3 nitrogen and oxygen atoms in total. The fourth-order valence-electron chi connectivity index (χ4n) is 2.09. The molecule has 1 aromatic carbocycles. The second kappa shape index (κ2) is 5.42. The number of hydrogen-bond donors (Lipinski definition) is 1. The van der Waals surface area contributed by atoms with Crippen LogP contribution in [-0.2, 0) is 6.42 Å². The number of thiophene rings is 1. The lowest BCUT2D eigenvalue weighted by atomic mass is 10.0. The van der Waals surface area contributed by atoms with Crippen LogP contribution in [0.4, 0.5) is 5.88 Å². The van der Waals surface area contributed by atoms with Crippen LogP contribution in [0.25, 0.3) is 21.7 Å². The van der Waals surface area contributed by atoms with Gasteiger partial charge in [-0.05, 0) is 24.6 Å². The van der Waals surface area contributed by atoms with Crippen LogP contribution in [-0.4, -0.2) is 5.16 Å². The number of nitrogen functional groups attached to an aromatic ring is 1. The van der Waals surface area contributed by atoms with Crippen molar-refractivity contribution in [3.8, 4) is 21.7 Å². The average molecular weight is 349 g/mol. The van der Waals surface area contributed by atoms with Gasteiger partial charge in [0.1, 0.15) is 5.69 Å². The molecule has 2 heterocycles. The van der Waals surface area contributed by atoms with E-state index in [0.717, 1.165) is 32.6 Å². The fraction of sp³-hybridized carbons (Fsp3) is 0.133. The lowest BCUT2D eigenvalue weighted by molar-refractivity contribution is 0.439. The number of halogens is 1. The zero-order valence-electron chi connectivity index (χ0n) is 10.9. The van der Waals surface area contributed by atoms with E-state index in [1.807, 2.05) is 24.3 Å². The Morgan fingerprint density at radius 1 is 1.25 bits per heavy atom. The van der Waals surface area contributed by atoms with Gasteiger partial charge in [-0.25, -0.2) is 0 Å². The Bertz CT molecular complexity index is 748. The summed E-state index contributed by atoms with van der Waals surface area (Å²) in [7, 11) is 0. The lowest BCUT2D eigenvalue weighted by Gasteiger charge is -2.03. The molecule has 3 rings (SSSR count). The zero-order valence-corrected chi connectivity index (χ0v) is 13.3. The van der Waals surface area contributed by atoms with Gasteiger partial charge in [-0.2, -0.15) is 0 Å². The van der Waals surface area contributed by atoms with E-state index in [1.165, 1.54) is 4.88 Å². The molecular weight excluding hydrogens is 336 g/mol. The number of aromatic nitrogens is 1. The molecule has 2 N–H and O–H groups in total. The van der Waals surface area contributed by atoms with Crippen LogP contribution in [0.3, 0.4) is 0 Å². The van der Waals surface area contributed by atoms with Gasteiger partial charge in [0, 0.05) is 14.9 Å². The molecule has 0 fully saturated rings. The van der Waals surface area contributed by atoms with E-state index in [4.69, 9.17) is 10.3 Å². The molecule has 0 radical (unpaired) electrons. The smallest absolute Gasteiger partial charge is 0.230 e. The summed E-state index contributed by atoms with van der Waals surface area (Å²) in [6.07, 6.45) is 1.02. The van der Waals surface area contributed by atoms with Crippen LogP contribution in [0, 0.1) is 0 Å². The van der Waals surface area contributed by atoms with Crippen LogP contribution in [0.15, 0.2) is 45.4 Å². The van der Waals surface area contributed by atoms with Gasteiger partial charge in [-0.3, -0.25) is 0 Å². The van der Waals surface area contributed by atoms with E-state index in [1.54, 1.807) is 11.3 Å².